The lowest BCUT2D eigenvalue weighted by Gasteiger charge is -2.17. The van der Waals surface area contributed by atoms with E-state index in [1.807, 2.05) is 0 Å². The van der Waals surface area contributed by atoms with Crippen molar-refractivity contribution >= 4 is 10.9 Å². The highest BCUT2D eigenvalue weighted by Gasteiger charge is 2.61. The van der Waals surface area contributed by atoms with Crippen LogP contribution in [0.4, 0.5) is 0 Å². The molecule has 0 unspecified atom stereocenters. The number of benzene rings is 1. The Kier molecular flexibility index (Phi) is 5.77. The summed E-state index contributed by atoms with van der Waals surface area (Å²) in [6.07, 6.45) is 6.39. The van der Waals surface area contributed by atoms with Crippen molar-refractivity contribution in [1.82, 2.24) is 10.1 Å². The molecule has 2 atom stereocenters. The monoisotopic (exact) mass is 377 g/mol. The fourth-order valence-corrected chi connectivity index (χ4v) is 4.28. The van der Waals surface area contributed by atoms with Crippen LogP contribution in [0, 0.1) is 5.41 Å². The predicted molar refractivity (Wildman–Crippen MR) is 100 cm³/mol. The van der Waals surface area contributed by atoms with E-state index in [4.69, 9.17) is 17.9 Å². The number of hydrogen-bond donors (Lipinski definition) is 2. The van der Waals surface area contributed by atoms with Crippen LogP contribution in [0.1, 0.15) is 81.0 Å². The van der Waals surface area contributed by atoms with Crippen LogP contribution in [0.3, 0.4) is 0 Å². The maximum atomic E-state index is 8.81. The molecule has 0 amide bonds. The van der Waals surface area contributed by atoms with Gasteiger partial charge in [-0.05, 0) is 23.8 Å². The summed E-state index contributed by atoms with van der Waals surface area (Å²) in [6, 6.07) is 10.7. The van der Waals surface area contributed by atoms with Crippen molar-refractivity contribution in [3.63, 3.8) is 0 Å². The Labute approximate surface area is 156 Å². The molecule has 1 aromatic heterocycles. The number of nitrogens with two attached hydrogens (primary N) is 1. The summed E-state index contributed by atoms with van der Waals surface area (Å²) in [4.78, 5) is 4.79. The highest BCUT2D eigenvalue weighted by molar-refractivity contribution is 7.69. The first kappa shape index (κ1) is 19.0. The minimum absolute atomic E-state index is 0.206. The average Bonchev–Trinajstić information content (AvgIpc) is 2.96. The van der Waals surface area contributed by atoms with Gasteiger partial charge in [-0.3, -0.25) is 0 Å². The molecule has 1 heterocycles. The van der Waals surface area contributed by atoms with Crippen LogP contribution < -0.4 is 5.14 Å². The van der Waals surface area contributed by atoms with E-state index in [9.17, 15) is 0 Å². The highest BCUT2D eigenvalue weighted by atomic mass is 32.2. The first-order chi connectivity index (χ1) is 12.4. The van der Waals surface area contributed by atoms with Crippen LogP contribution in [-0.2, 0) is 10.9 Å². The third kappa shape index (κ3) is 4.15. The average molecular weight is 378 g/mol. The number of rotatable bonds is 3. The fourth-order valence-electron chi connectivity index (χ4n) is 4.28. The molecule has 2 saturated carbocycles. The zero-order valence-electron chi connectivity index (χ0n) is 15.3. The summed E-state index contributed by atoms with van der Waals surface area (Å²) >= 11 is 0. The molecule has 2 fully saturated rings. The maximum Gasteiger partial charge on any atom is 0.230 e. The van der Waals surface area contributed by atoms with Crippen molar-refractivity contribution in [3.8, 4) is 0 Å². The van der Waals surface area contributed by atoms with Crippen molar-refractivity contribution in [2.45, 2.75) is 63.7 Å². The van der Waals surface area contributed by atoms with Gasteiger partial charge in [0.1, 0.15) is 0 Å². The van der Waals surface area contributed by atoms with E-state index in [0.29, 0.717) is 17.8 Å². The van der Waals surface area contributed by atoms with Gasteiger partial charge in [-0.25, -0.2) is 13.6 Å². The van der Waals surface area contributed by atoms with Gasteiger partial charge < -0.3 is 4.52 Å². The van der Waals surface area contributed by atoms with E-state index in [2.05, 4.69) is 54.5 Å². The van der Waals surface area contributed by atoms with Gasteiger partial charge in [0.2, 0.25) is 5.89 Å². The van der Waals surface area contributed by atoms with Crippen molar-refractivity contribution in [1.29, 1.82) is 0 Å². The molecule has 7 heteroatoms. The minimum Gasteiger partial charge on any atom is -0.339 e. The molecule has 2 N–H and O–H groups in total. The summed E-state index contributed by atoms with van der Waals surface area (Å²) < 4.78 is 23.3. The molecule has 26 heavy (non-hydrogen) atoms. The van der Waals surface area contributed by atoms with Gasteiger partial charge in [-0.1, -0.05) is 68.6 Å². The van der Waals surface area contributed by atoms with Crippen molar-refractivity contribution < 1.29 is 12.9 Å². The van der Waals surface area contributed by atoms with Gasteiger partial charge in [0, 0.05) is 11.8 Å². The van der Waals surface area contributed by atoms with Crippen LogP contribution in [0.25, 0.3) is 0 Å². The molecule has 0 bridgehead atoms. The third-order valence-corrected chi connectivity index (χ3v) is 5.68. The van der Waals surface area contributed by atoms with Crippen LogP contribution in [0.5, 0.6) is 0 Å². The first-order valence-electron chi connectivity index (χ1n) is 9.18. The van der Waals surface area contributed by atoms with Crippen LogP contribution >= 0.6 is 0 Å². The molecule has 0 saturated heterocycles. The zero-order valence-corrected chi connectivity index (χ0v) is 16.2. The lowest BCUT2D eigenvalue weighted by Crippen LogP contribution is -2.06. The smallest absolute Gasteiger partial charge is 0.230 e. The number of aromatic nitrogens is 2. The molecule has 6 nitrogen and oxygen atoms in total. The fraction of sp³-hybridized carbons (Fsp3) is 0.579. The second kappa shape index (κ2) is 7.88. The summed E-state index contributed by atoms with van der Waals surface area (Å²) in [5, 5.41) is 8.37. The van der Waals surface area contributed by atoms with Gasteiger partial charge in [0.15, 0.2) is 16.7 Å². The van der Waals surface area contributed by atoms with E-state index in [-0.39, 0.29) is 5.41 Å². The van der Waals surface area contributed by atoms with E-state index in [1.54, 1.807) is 0 Å². The van der Waals surface area contributed by atoms with E-state index >= 15 is 0 Å². The Hall–Kier alpha value is -1.73. The van der Waals surface area contributed by atoms with Gasteiger partial charge in [0.05, 0.1) is 5.92 Å². The molecule has 0 spiro atoms. The summed E-state index contributed by atoms with van der Waals surface area (Å²) in [6.45, 7) is 4.61. The standard InChI is InChI=1S/C19H24N2O.H3NO2S/c1-19(2)15(13-9-5-3-6-10-13)16(19)18-20-17(21-22-18)14-11-7-4-8-12-14;1-4(2)3/h3,5-6,9-10,14-16H,4,7-8,11-12H2,1-2H3;4H,(H2,1,2,3)/t15-,16+;/m1./s1. The van der Waals surface area contributed by atoms with Gasteiger partial charge in [-0.15, -0.1) is 0 Å². The highest BCUT2D eigenvalue weighted by Crippen LogP contribution is 2.69. The number of hydrogen-bond acceptors (Lipinski definition) is 5. The molecule has 2 aliphatic rings. The maximum absolute atomic E-state index is 8.81. The van der Waals surface area contributed by atoms with Crippen molar-refractivity contribution in [3.05, 3.63) is 47.6 Å². The first-order valence-corrected chi connectivity index (χ1v) is 10.4. The van der Waals surface area contributed by atoms with Crippen LogP contribution in [-0.4, -0.2) is 18.6 Å². The predicted octanol–water partition coefficient (Wildman–Crippen LogP) is 3.50. The van der Waals surface area contributed by atoms with E-state index in [1.165, 1.54) is 37.7 Å². The SMILES string of the molecule is CC1(C)[C@H](c2ccccc2)[C@H]1c1nc(C2CCCCC2)no1.N[SH](=O)=O. The molecule has 0 radical (unpaired) electrons. The summed E-state index contributed by atoms with van der Waals surface area (Å²) in [7, 11) is -2.62. The van der Waals surface area contributed by atoms with E-state index in [0.717, 1.165) is 11.7 Å². The van der Waals surface area contributed by atoms with E-state index < -0.39 is 10.9 Å². The Morgan fingerprint density at radius 3 is 2.31 bits per heavy atom. The molecular weight excluding hydrogens is 350 g/mol. The van der Waals surface area contributed by atoms with Crippen molar-refractivity contribution in [2.75, 3.05) is 0 Å². The molecule has 0 aliphatic heterocycles. The summed E-state index contributed by atoms with van der Waals surface area (Å²) in [5.74, 6) is 3.17. The Morgan fingerprint density at radius 2 is 1.69 bits per heavy atom. The Bertz CT molecular complexity index is 787. The van der Waals surface area contributed by atoms with Crippen molar-refractivity contribution in [2.24, 2.45) is 10.6 Å². The molecule has 2 aliphatic carbocycles. The van der Waals surface area contributed by atoms with Gasteiger partial charge in [-0.2, -0.15) is 4.98 Å². The second-order valence-corrected chi connectivity index (χ2v) is 8.37. The normalized spacial score (nSPS) is 24.8. The van der Waals surface area contributed by atoms with Gasteiger partial charge in [0.25, 0.3) is 0 Å². The molecule has 2 aromatic rings. The Balaban J connectivity index is 0.000000447. The van der Waals surface area contributed by atoms with Gasteiger partial charge >= 0.3 is 0 Å². The lowest BCUT2D eigenvalue weighted by atomic mass is 9.89. The minimum atomic E-state index is -2.62. The molecule has 142 valence electrons. The second-order valence-electron chi connectivity index (χ2n) is 7.80. The topological polar surface area (TPSA) is 99.1 Å². The molecule has 1 aromatic carbocycles. The van der Waals surface area contributed by atoms with Crippen LogP contribution in [0.2, 0.25) is 0 Å². The zero-order chi connectivity index (χ0) is 18.7. The largest absolute Gasteiger partial charge is 0.339 e. The Morgan fingerprint density at radius 1 is 1.08 bits per heavy atom. The lowest BCUT2D eigenvalue weighted by molar-refractivity contribution is 0.351. The van der Waals surface area contributed by atoms with Crippen LogP contribution in [0.15, 0.2) is 34.9 Å². The molecular formula is C19H27N3O3S. The number of nitrogens with zero attached hydrogens (tertiary/aromatic N) is 2. The third-order valence-electron chi connectivity index (χ3n) is 5.68. The number of thiol groups is 1. The molecule has 4 rings (SSSR count). The quantitative estimate of drug-likeness (QED) is 0.798. The summed E-state index contributed by atoms with van der Waals surface area (Å²) in [5.41, 5.74) is 1.59.